The summed E-state index contributed by atoms with van der Waals surface area (Å²) in [4.78, 5) is 25.7. The molecule has 2 aromatic carbocycles. The summed E-state index contributed by atoms with van der Waals surface area (Å²) in [5.74, 6) is 0.0947. The van der Waals surface area contributed by atoms with Crippen molar-refractivity contribution >= 4 is 23.2 Å². The molecule has 2 amide bonds. The number of hydrogen-bond acceptors (Lipinski definition) is 2. The number of carbonyl (C=O) groups excluding carboxylic acids is 2. The first-order valence-corrected chi connectivity index (χ1v) is 10.9. The Hall–Kier alpha value is -2.62. The molecular formula is C26H34N2O2. The smallest absolute Gasteiger partial charge is 0.227 e. The molecule has 3 rings (SSSR count). The van der Waals surface area contributed by atoms with Crippen LogP contribution < -0.4 is 10.6 Å². The number of aryl methyl sites for hydroxylation is 6. The Labute approximate surface area is 180 Å². The molecule has 4 heteroatoms. The van der Waals surface area contributed by atoms with Crippen molar-refractivity contribution in [3.8, 4) is 0 Å². The van der Waals surface area contributed by atoms with E-state index in [0.717, 1.165) is 59.3 Å². The first-order chi connectivity index (χ1) is 14.2. The first-order valence-electron chi connectivity index (χ1n) is 10.9. The Kier molecular flexibility index (Phi) is 6.64. The average Bonchev–Trinajstić information content (AvgIpc) is 2.67. The molecule has 1 saturated carbocycles. The van der Waals surface area contributed by atoms with Gasteiger partial charge in [0.2, 0.25) is 11.8 Å². The molecule has 0 heterocycles. The van der Waals surface area contributed by atoms with Gasteiger partial charge in [-0.3, -0.25) is 9.59 Å². The molecule has 0 unspecified atom stereocenters. The number of anilines is 2. The van der Waals surface area contributed by atoms with Crippen LogP contribution in [-0.2, 0) is 9.59 Å². The normalized spacial score (nSPS) is 18.7. The van der Waals surface area contributed by atoms with Gasteiger partial charge in [0, 0.05) is 23.2 Å². The van der Waals surface area contributed by atoms with Crippen LogP contribution in [0.2, 0.25) is 0 Å². The highest BCUT2D eigenvalue weighted by Crippen LogP contribution is 2.32. The Morgan fingerprint density at radius 3 is 1.13 bits per heavy atom. The highest BCUT2D eigenvalue weighted by molar-refractivity contribution is 5.96. The van der Waals surface area contributed by atoms with Crippen LogP contribution in [-0.4, -0.2) is 11.8 Å². The molecule has 0 spiro atoms. The van der Waals surface area contributed by atoms with E-state index in [1.807, 2.05) is 27.7 Å². The van der Waals surface area contributed by atoms with Crippen molar-refractivity contribution in [3.63, 3.8) is 0 Å². The zero-order chi connectivity index (χ0) is 22.0. The molecular weight excluding hydrogens is 372 g/mol. The van der Waals surface area contributed by atoms with Gasteiger partial charge < -0.3 is 10.6 Å². The highest BCUT2D eigenvalue weighted by Gasteiger charge is 2.30. The minimum Gasteiger partial charge on any atom is -0.325 e. The van der Waals surface area contributed by atoms with E-state index in [2.05, 4.69) is 48.7 Å². The van der Waals surface area contributed by atoms with Gasteiger partial charge in [0.25, 0.3) is 0 Å². The molecule has 160 valence electrons. The monoisotopic (exact) mass is 406 g/mol. The summed E-state index contributed by atoms with van der Waals surface area (Å²) in [5, 5.41) is 6.28. The molecule has 2 aromatic rings. The number of hydrogen-bond donors (Lipinski definition) is 2. The van der Waals surface area contributed by atoms with Gasteiger partial charge in [0.15, 0.2) is 0 Å². The van der Waals surface area contributed by atoms with Crippen molar-refractivity contribution in [1.82, 2.24) is 0 Å². The molecule has 2 N–H and O–H groups in total. The Bertz CT molecular complexity index is 843. The van der Waals surface area contributed by atoms with Crippen molar-refractivity contribution in [2.45, 2.75) is 67.2 Å². The molecule has 0 radical (unpaired) electrons. The number of carbonyl (C=O) groups is 2. The second-order valence-electron chi connectivity index (χ2n) is 9.07. The Morgan fingerprint density at radius 1 is 0.600 bits per heavy atom. The third-order valence-electron chi connectivity index (χ3n) is 6.32. The first kappa shape index (κ1) is 22.1. The van der Waals surface area contributed by atoms with Crippen LogP contribution >= 0.6 is 0 Å². The van der Waals surface area contributed by atoms with Gasteiger partial charge in [0.05, 0.1) is 0 Å². The standard InChI is InChI=1S/C26H34N2O2/c1-15-11-17(3)23(18(4)12-15)27-25(29)21-7-9-22(10-8-21)26(30)28-24-19(5)13-16(2)14-20(24)6/h11-14,21-22H,7-10H2,1-6H3,(H,27,29)(H,28,30). The van der Waals surface area contributed by atoms with Crippen molar-refractivity contribution in [3.05, 3.63) is 57.6 Å². The lowest BCUT2D eigenvalue weighted by Crippen LogP contribution is -2.32. The molecule has 0 aliphatic heterocycles. The summed E-state index contributed by atoms with van der Waals surface area (Å²) in [6.07, 6.45) is 3.00. The van der Waals surface area contributed by atoms with Crippen LogP contribution in [0.15, 0.2) is 24.3 Å². The second kappa shape index (κ2) is 9.03. The fraction of sp³-hybridized carbons (Fsp3) is 0.462. The lowest BCUT2D eigenvalue weighted by molar-refractivity contribution is -0.125. The molecule has 1 fully saturated rings. The number of nitrogens with one attached hydrogen (secondary N) is 2. The van der Waals surface area contributed by atoms with Gasteiger partial charge in [-0.1, -0.05) is 35.4 Å². The molecule has 0 aromatic heterocycles. The number of amides is 2. The topological polar surface area (TPSA) is 58.2 Å². The van der Waals surface area contributed by atoms with E-state index in [1.165, 1.54) is 11.1 Å². The summed E-state index contributed by atoms with van der Waals surface area (Å²) < 4.78 is 0. The summed E-state index contributed by atoms with van der Waals surface area (Å²) in [5.41, 5.74) is 8.64. The summed E-state index contributed by atoms with van der Waals surface area (Å²) in [6.45, 7) is 12.3. The minimum absolute atomic E-state index is 0.0306. The van der Waals surface area contributed by atoms with E-state index in [-0.39, 0.29) is 23.7 Å². The molecule has 4 nitrogen and oxygen atoms in total. The Balaban J connectivity index is 1.58. The molecule has 0 saturated heterocycles. The molecule has 1 aliphatic rings. The van der Waals surface area contributed by atoms with Crippen LogP contribution in [0.4, 0.5) is 11.4 Å². The van der Waals surface area contributed by atoms with Gasteiger partial charge in [-0.05, 0) is 89.5 Å². The largest absolute Gasteiger partial charge is 0.325 e. The zero-order valence-corrected chi connectivity index (χ0v) is 19.1. The highest BCUT2D eigenvalue weighted by atomic mass is 16.2. The number of rotatable bonds is 4. The van der Waals surface area contributed by atoms with Gasteiger partial charge in [-0.2, -0.15) is 0 Å². The molecule has 1 aliphatic carbocycles. The lowest BCUT2D eigenvalue weighted by atomic mass is 9.81. The van der Waals surface area contributed by atoms with Crippen LogP contribution in [0, 0.1) is 53.4 Å². The SMILES string of the molecule is Cc1cc(C)c(NC(=O)C2CCC(C(=O)Nc3c(C)cc(C)cc3C)CC2)c(C)c1. The molecule has 0 bridgehead atoms. The zero-order valence-electron chi connectivity index (χ0n) is 19.1. The quantitative estimate of drug-likeness (QED) is 0.662. The van der Waals surface area contributed by atoms with Crippen molar-refractivity contribution in [2.24, 2.45) is 11.8 Å². The van der Waals surface area contributed by atoms with Crippen LogP contribution in [0.1, 0.15) is 59.1 Å². The van der Waals surface area contributed by atoms with Gasteiger partial charge >= 0.3 is 0 Å². The summed E-state index contributed by atoms with van der Waals surface area (Å²) >= 11 is 0. The minimum atomic E-state index is -0.0306. The predicted octanol–water partition coefficient (Wildman–Crippen LogP) is 5.92. The lowest BCUT2D eigenvalue weighted by Gasteiger charge is -2.28. The van der Waals surface area contributed by atoms with E-state index in [4.69, 9.17) is 0 Å². The van der Waals surface area contributed by atoms with Crippen LogP contribution in [0.5, 0.6) is 0 Å². The molecule has 0 atom stereocenters. The molecule has 30 heavy (non-hydrogen) atoms. The van der Waals surface area contributed by atoms with Crippen molar-refractivity contribution in [2.75, 3.05) is 10.6 Å². The fourth-order valence-corrected chi connectivity index (χ4v) is 4.82. The van der Waals surface area contributed by atoms with Crippen molar-refractivity contribution in [1.29, 1.82) is 0 Å². The third-order valence-corrected chi connectivity index (χ3v) is 6.32. The van der Waals surface area contributed by atoms with Crippen LogP contribution in [0.3, 0.4) is 0 Å². The summed E-state index contributed by atoms with van der Waals surface area (Å²) in [7, 11) is 0. The summed E-state index contributed by atoms with van der Waals surface area (Å²) in [6, 6.07) is 8.38. The predicted molar refractivity (Wildman–Crippen MR) is 124 cm³/mol. The fourth-order valence-electron chi connectivity index (χ4n) is 4.82. The van der Waals surface area contributed by atoms with E-state index >= 15 is 0 Å². The maximum absolute atomic E-state index is 12.8. The number of benzene rings is 2. The van der Waals surface area contributed by atoms with E-state index in [0.29, 0.717) is 0 Å². The Morgan fingerprint density at radius 2 is 0.867 bits per heavy atom. The van der Waals surface area contributed by atoms with Gasteiger partial charge in [-0.25, -0.2) is 0 Å². The van der Waals surface area contributed by atoms with Gasteiger partial charge in [0.1, 0.15) is 0 Å². The maximum atomic E-state index is 12.8. The second-order valence-corrected chi connectivity index (χ2v) is 9.07. The van der Waals surface area contributed by atoms with Crippen LogP contribution in [0.25, 0.3) is 0 Å². The average molecular weight is 407 g/mol. The van der Waals surface area contributed by atoms with E-state index in [1.54, 1.807) is 0 Å². The maximum Gasteiger partial charge on any atom is 0.227 e. The third kappa shape index (κ3) is 4.92. The van der Waals surface area contributed by atoms with E-state index in [9.17, 15) is 9.59 Å². The van der Waals surface area contributed by atoms with Gasteiger partial charge in [-0.15, -0.1) is 0 Å². The van der Waals surface area contributed by atoms with E-state index < -0.39 is 0 Å². The van der Waals surface area contributed by atoms with Crippen molar-refractivity contribution < 1.29 is 9.59 Å².